The second kappa shape index (κ2) is 6.17. The van der Waals surface area contributed by atoms with Crippen LogP contribution in [0.2, 0.25) is 5.02 Å². The summed E-state index contributed by atoms with van der Waals surface area (Å²) in [6.07, 6.45) is 0. The average molecular weight is 216 g/mol. The van der Waals surface area contributed by atoms with E-state index < -0.39 is 0 Å². The van der Waals surface area contributed by atoms with E-state index in [4.69, 9.17) is 11.6 Å². The first-order valence-electron chi connectivity index (χ1n) is 4.40. The molecular weight excluding hydrogens is 202 g/mol. The third-order valence-corrected chi connectivity index (χ3v) is 2.87. The van der Waals surface area contributed by atoms with E-state index in [-0.39, 0.29) is 0 Å². The van der Waals surface area contributed by atoms with E-state index >= 15 is 0 Å². The Bertz CT molecular complexity index is 252. The standard InChI is InChI=1S/C10H14ClNS/c1-2-13-8-7-12-10-6-4-3-5-9(10)11/h3-6,12H,2,7-8H2,1H3. The van der Waals surface area contributed by atoms with Gasteiger partial charge < -0.3 is 5.32 Å². The van der Waals surface area contributed by atoms with Crippen molar-refractivity contribution in [2.75, 3.05) is 23.4 Å². The molecule has 1 aromatic rings. The molecule has 0 aliphatic heterocycles. The summed E-state index contributed by atoms with van der Waals surface area (Å²) in [5, 5.41) is 4.09. The van der Waals surface area contributed by atoms with Crippen molar-refractivity contribution >= 4 is 29.1 Å². The molecule has 0 saturated carbocycles. The molecule has 0 unspecified atom stereocenters. The Balaban J connectivity index is 2.32. The zero-order valence-electron chi connectivity index (χ0n) is 7.72. The van der Waals surface area contributed by atoms with Crippen LogP contribution >= 0.6 is 23.4 Å². The van der Waals surface area contributed by atoms with Crippen molar-refractivity contribution in [3.8, 4) is 0 Å². The van der Waals surface area contributed by atoms with Crippen LogP contribution in [-0.2, 0) is 0 Å². The summed E-state index contributed by atoms with van der Waals surface area (Å²) >= 11 is 7.90. The van der Waals surface area contributed by atoms with Crippen LogP contribution in [0.4, 0.5) is 5.69 Å². The maximum Gasteiger partial charge on any atom is 0.0637 e. The van der Waals surface area contributed by atoms with Crippen molar-refractivity contribution in [1.29, 1.82) is 0 Å². The lowest BCUT2D eigenvalue weighted by molar-refractivity contribution is 1.23. The van der Waals surface area contributed by atoms with Gasteiger partial charge in [-0.05, 0) is 17.9 Å². The monoisotopic (exact) mass is 215 g/mol. The summed E-state index contributed by atoms with van der Waals surface area (Å²) < 4.78 is 0. The predicted molar refractivity (Wildman–Crippen MR) is 62.9 cm³/mol. The smallest absolute Gasteiger partial charge is 0.0637 e. The second-order valence-electron chi connectivity index (χ2n) is 2.60. The molecule has 0 spiro atoms. The Kier molecular flexibility index (Phi) is 5.09. The van der Waals surface area contributed by atoms with Crippen LogP contribution in [0, 0.1) is 0 Å². The Morgan fingerprint density at radius 3 is 2.85 bits per heavy atom. The third-order valence-electron chi connectivity index (χ3n) is 1.64. The minimum absolute atomic E-state index is 0.795. The Labute approximate surface area is 88.9 Å². The molecule has 0 radical (unpaired) electrons. The number of hydrogen-bond acceptors (Lipinski definition) is 2. The van der Waals surface area contributed by atoms with Gasteiger partial charge in [-0.1, -0.05) is 30.7 Å². The lowest BCUT2D eigenvalue weighted by Crippen LogP contribution is -2.04. The van der Waals surface area contributed by atoms with Gasteiger partial charge in [-0.15, -0.1) is 0 Å². The average Bonchev–Trinajstić information content (AvgIpc) is 2.15. The molecule has 13 heavy (non-hydrogen) atoms. The lowest BCUT2D eigenvalue weighted by atomic mass is 10.3. The van der Waals surface area contributed by atoms with Crippen LogP contribution in [0.15, 0.2) is 24.3 Å². The van der Waals surface area contributed by atoms with Gasteiger partial charge in [-0.3, -0.25) is 0 Å². The number of benzene rings is 1. The van der Waals surface area contributed by atoms with Crippen molar-refractivity contribution in [2.24, 2.45) is 0 Å². The highest BCUT2D eigenvalue weighted by molar-refractivity contribution is 7.99. The number of nitrogens with one attached hydrogen (secondary N) is 1. The van der Waals surface area contributed by atoms with Crippen LogP contribution in [0.5, 0.6) is 0 Å². The highest BCUT2D eigenvalue weighted by Crippen LogP contribution is 2.20. The number of thioether (sulfide) groups is 1. The zero-order valence-corrected chi connectivity index (χ0v) is 9.29. The van der Waals surface area contributed by atoms with Crippen LogP contribution < -0.4 is 5.32 Å². The summed E-state index contributed by atoms with van der Waals surface area (Å²) in [6, 6.07) is 7.82. The molecule has 1 rings (SSSR count). The fourth-order valence-corrected chi connectivity index (χ4v) is 1.74. The first-order valence-corrected chi connectivity index (χ1v) is 5.94. The first-order chi connectivity index (χ1) is 6.34. The van der Waals surface area contributed by atoms with Gasteiger partial charge in [0.25, 0.3) is 0 Å². The fourth-order valence-electron chi connectivity index (χ4n) is 1.01. The number of rotatable bonds is 5. The summed E-state index contributed by atoms with van der Waals surface area (Å²) in [4.78, 5) is 0. The molecule has 0 atom stereocenters. The van der Waals surface area contributed by atoms with Crippen molar-refractivity contribution in [3.63, 3.8) is 0 Å². The maximum atomic E-state index is 5.97. The van der Waals surface area contributed by atoms with Crippen LogP contribution in [0.3, 0.4) is 0 Å². The Morgan fingerprint density at radius 2 is 2.15 bits per heavy atom. The van der Waals surface area contributed by atoms with Gasteiger partial charge in [-0.2, -0.15) is 11.8 Å². The highest BCUT2D eigenvalue weighted by Gasteiger charge is 1.95. The van der Waals surface area contributed by atoms with E-state index in [1.807, 2.05) is 36.0 Å². The predicted octanol–water partition coefficient (Wildman–Crippen LogP) is 3.51. The molecule has 0 saturated heterocycles. The Hall–Kier alpha value is -0.340. The van der Waals surface area contributed by atoms with E-state index in [1.165, 1.54) is 5.75 Å². The molecule has 0 fully saturated rings. The zero-order chi connectivity index (χ0) is 9.52. The minimum atomic E-state index is 0.795. The van der Waals surface area contributed by atoms with Crippen molar-refractivity contribution in [3.05, 3.63) is 29.3 Å². The van der Waals surface area contributed by atoms with Gasteiger partial charge in [0.2, 0.25) is 0 Å². The van der Waals surface area contributed by atoms with Gasteiger partial charge in [0, 0.05) is 12.3 Å². The molecular formula is C10H14ClNS. The van der Waals surface area contributed by atoms with Gasteiger partial charge in [0.15, 0.2) is 0 Å². The van der Waals surface area contributed by atoms with Crippen LogP contribution in [0.25, 0.3) is 0 Å². The van der Waals surface area contributed by atoms with E-state index in [0.717, 1.165) is 23.0 Å². The van der Waals surface area contributed by atoms with E-state index in [0.29, 0.717) is 0 Å². The summed E-state index contributed by atoms with van der Waals surface area (Å²) in [7, 11) is 0. The highest BCUT2D eigenvalue weighted by atomic mass is 35.5. The molecule has 0 aromatic heterocycles. The SMILES string of the molecule is CCSCCNc1ccccc1Cl. The van der Waals surface area contributed by atoms with Gasteiger partial charge >= 0.3 is 0 Å². The lowest BCUT2D eigenvalue weighted by Gasteiger charge is -2.06. The number of para-hydroxylation sites is 1. The first kappa shape index (κ1) is 10.7. The largest absolute Gasteiger partial charge is 0.383 e. The van der Waals surface area contributed by atoms with Crippen LogP contribution in [-0.4, -0.2) is 18.1 Å². The van der Waals surface area contributed by atoms with E-state index in [9.17, 15) is 0 Å². The maximum absolute atomic E-state index is 5.97. The Morgan fingerprint density at radius 1 is 1.38 bits per heavy atom. The van der Waals surface area contributed by atoms with Crippen LogP contribution in [0.1, 0.15) is 6.92 Å². The molecule has 1 aromatic carbocycles. The molecule has 0 bridgehead atoms. The summed E-state index contributed by atoms with van der Waals surface area (Å²) in [5.41, 5.74) is 1.03. The molecule has 0 aliphatic carbocycles. The van der Waals surface area contributed by atoms with Gasteiger partial charge in [-0.25, -0.2) is 0 Å². The third kappa shape index (κ3) is 3.92. The topological polar surface area (TPSA) is 12.0 Å². The van der Waals surface area contributed by atoms with Gasteiger partial charge in [0.05, 0.1) is 10.7 Å². The van der Waals surface area contributed by atoms with Crippen molar-refractivity contribution in [2.45, 2.75) is 6.92 Å². The summed E-state index contributed by atoms with van der Waals surface area (Å²) in [6.45, 7) is 3.14. The second-order valence-corrected chi connectivity index (χ2v) is 4.40. The summed E-state index contributed by atoms with van der Waals surface area (Å²) in [5.74, 6) is 2.30. The van der Waals surface area contributed by atoms with Gasteiger partial charge in [0.1, 0.15) is 0 Å². The number of anilines is 1. The normalized spacial score (nSPS) is 10.0. The minimum Gasteiger partial charge on any atom is -0.383 e. The van der Waals surface area contributed by atoms with E-state index in [1.54, 1.807) is 0 Å². The molecule has 0 aliphatic rings. The molecule has 0 amide bonds. The molecule has 1 nitrogen and oxygen atoms in total. The van der Waals surface area contributed by atoms with Crippen molar-refractivity contribution < 1.29 is 0 Å². The van der Waals surface area contributed by atoms with E-state index in [2.05, 4.69) is 12.2 Å². The molecule has 72 valence electrons. The quantitative estimate of drug-likeness (QED) is 0.755. The molecule has 0 heterocycles. The number of halogens is 1. The van der Waals surface area contributed by atoms with Crippen molar-refractivity contribution in [1.82, 2.24) is 0 Å². The number of hydrogen-bond donors (Lipinski definition) is 1. The fraction of sp³-hybridized carbons (Fsp3) is 0.400. The molecule has 1 N–H and O–H groups in total. The molecule has 3 heteroatoms.